The van der Waals surface area contributed by atoms with Crippen LogP contribution in [0, 0.1) is 5.92 Å². The second kappa shape index (κ2) is 5.03. The second-order valence-corrected chi connectivity index (χ2v) is 3.91. The molecule has 1 N–H and O–H groups in total. The summed E-state index contributed by atoms with van der Waals surface area (Å²) in [4.78, 5) is 4.31. The van der Waals surface area contributed by atoms with Crippen molar-refractivity contribution in [2.45, 2.75) is 40.2 Å². The van der Waals surface area contributed by atoms with Crippen LogP contribution < -0.4 is 5.32 Å². The van der Waals surface area contributed by atoms with E-state index in [1.807, 2.05) is 6.20 Å². The third-order valence-electron chi connectivity index (χ3n) is 2.55. The molecule has 0 spiro atoms. The molecule has 0 amide bonds. The third-order valence-corrected chi connectivity index (χ3v) is 2.55. The van der Waals surface area contributed by atoms with Crippen LogP contribution in [0.15, 0.2) is 12.4 Å². The molecule has 3 heteroatoms. The van der Waals surface area contributed by atoms with Gasteiger partial charge in [-0.3, -0.25) is 0 Å². The molecule has 1 aromatic rings. The van der Waals surface area contributed by atoms with Gasteiger partial charge in [0.1, 0.15) is 0 Å². The van der Waals surface area contributed by atoms with Crippen molar-refractivity contribution in [2.24, 2.45) is 5.92 Å². The lowest BCUT2D eigenvalue weighted by atomic mass is 10.0. The summed E-state index contributed by atoms with van der Waals surface area (Å²) >= 11 is 0. The molecular formula is C11H21N3. The summed E-state index contributed by atoms with van der Waals surface area (Å²) in [6.45, 7) is 9.75. The van der Waals surface area contributed by atoms with Crippen LogP contribution in [0.3, 0.4) is 0 Å². The average Bonchev–Trinajstić information content (AvgIpc) is 2.55. The Balaban J connectivity index is 2.86. The van der Waals surface area contributed by atoms with E-state index in [1.165, 1.54) is 0 Å². The second-order valence-electron chi connectivity index (χ2n) is 3.91. The van der Waals surface area contributed by atoms with Gasteiger partial charge in [-0.1, -0.05) is 20.8 Å². The zero-order valence-corrected chi connectivity index (χ0v) is 9.62. The van der Waals surface area contributed by atoms with Crippen LogP contribution in [0.25, 0.3) is 0 Å². The van der Waals surface area contributed by atoms with Gasteiger partial charge in [-0.05, 0) is 19.3 Å². The molecule has 0 saturated heterocycles. The summed E-state index contributed by atoms with van der Waals surface area (Å²) in [6.07, 6.45) is 5.07. The van der Waals surface area contributed by atoms with E-state index >= 15 is 0 Å². The van der Waals surface area contributed by atoms with Crippen LogP contribution in [-0.2, 0) is 0 Å². The van der Waals surface area contributed by atoms with Gasteiger partial charge in [0.25, 0.3) is 0 Å². The van der Waals surface area contributed by atoms with Gasteiger partial charge in [-0.15, -0.1) is 0 Å². The van der Waals surface area contributed by atoms with Crippen molar-refractivity contribution in [1.29, 1.82) is 0 Å². The number of imidazole rings is 1. The molecule has 0 aliphatic heterocycles. The smallest absolute Gasteiger partial charge is 0.203 e. The van der Waals surface area contributed by atoms with E-state index in [0.29, 0.717) is 12.0 Å². The zero-order chi connectivity index (χ0) is 10.6. The molecule has 0 aliphatic carbocycles. The Labute approximate surface area is 86.5 Å². The maximum atomic E-state index is 4.31. The van der Waals surface area contributed by atoms with Gasteiger partial charge in [0.15, 0.2) is 0 Å². The predicted octanol–water partition coefficient (Wildman–Crippen LogP) is 2.92. The summed E-state index contributed by atoms with van der Waals surface area (Å²) < 4.78 is 2.24. The number of nitrogens with zero attached hydrogens (tertiary/aromatic N) is 2. The van der Waals surface area contributed by atoms with E-state index < -0.39 is 0 Å². The fourth-order valence-corrected chi connectivity index (χ4v) is 1.86. The number of aromatic nitrogens is 2. The predicted molar refractivity (Wildman–Crippen MR) is 60.6 cm³/mol. The Morgan fingerprint density at radius 2 is 2.14 bits per heavy atom. The number of hydrogen-bond acceptors (Lipinski definition) is 2. The number of hydrogen-bond donors (Lipinski definition) is 1. The minimum Gasteiger partial charge on any atom is -0.356 e. The normalized spacial score (nSPS) is 13.2. The Bertz CT molecular complexity index is 265. The van der Waals surface area contributed by atoms with Gasteiger partial charge < -0.3 is 9.88 Å². The van der Waals surface area contributed by atoms with Crippen LogP contribution in [0.1, 0.15) is 40.2 Å². The lowest BCUT2D eigenvalue weighted by Gasteiger charge is -2.22. The Morgan fingerprint density at radius 3 is 2.64 bits per heavy atom. The lowest BCUT2D eigenvalue weighted by molar-refractivity contribution is 0.369. The van der Waals surface area contributed by atoms with Crippen LogP contribution >= 0.6 is 0 Å². The highest BCUT2D eigenvalue weighted by molar-refractivity contribution is 5.26. The van der Waals surface area contributed by atoms with Crippen LogP contribution in [0.5, 0.6) is 0 Å². The number of anilines is 1. The first kappa shape index (κ1) is 11.1. The summed E-state index contributed by atoms with van der Waals surface area (Å²) in [5.74, 6) is 1.64. The molecule has 80 valence electrons. The minimum absolute atomic E-state index is 0.548. The van der Waals surface area contributed by atoms with E-state index in [-0.39, 0.29) is 0 Å². The lowest BCUT2D eigenvalue weighted by Crippen LogP contribution is -2.16. The highest BCUT2D eigenvalue weighted by atomic mass is 15.2. The highest BCUT2D eigenvalue weighted by Crippen LogP contribution is 2.24. The zero-order valence-electron chi connectivity index (χ0n) is 9.62. The van der Waals surface area contributed by atoms with Crippen molar-refractivity contribution < 1.29 is 0 Å². The van der Waals surface area contributed by atoms with Gasteiger partial charge in [0.2, 0.25) is 5.95 Å². The van der Waals surface area contributed by atoms with Crippen molar-refractivity contribution >= 4 is 5.95 Å². The first-order valence-corrected chi connectivity index (χ1v) is 5.47. The fourth-order valence-electron chi connectivity index (χ4n) is 1.86. The van der Waals surface area contributed by atoms with E-state index in [0.717, 1.165) is 18.9 Å². The molecule has 0 aromatic carbocycles. The largest absolute Gasteiger partial charge is 0.356 e. The Kier molecular flexibility index (Phi) is 3.98. The summed E-state index contributed by atoms with van der Waals surface area (Å²) in [6, 6.07) is 0.548. The van der Waals surface area contributed by atoms with E-state index in [1.54, 1.807) is 0 Å². The molecule has 0 saturated carbocycles. The first-order chi connectivity index (χ1) is 6.70. The molecule has 0 fully saturated rings. The molecule has 1 unspecified atom stereocenters. The summed E-state index contributed by atoms with van der Waals surface area (Å²) in [5.41, 5.74) is 0. The molecule has 1 aromatic heterocycles. The van der Waals surface area contributed by atoms with Crippen LogP contribution in [0.4, 0.5) is 5.95 Å². The van der Waals surface area contributed by atoms with Crippen molar-refractivity contribution in [3.05, 3.63) is 12.4 Å². The maximum Gasteiger partial charge on any atom is 0.203 e. The maximum absolute atomic E-state index is 4.31. The number of rotatable bonds is 5. The van der Waals surface area contributed by atoms with E-state index in [2.05, 4.69) is 48.8 Å². The van der Waals surface area contributed by atoms with Crippen LogP contribution in [-0.4, -0.2) is 16.1 Å². The Morgan fingerprint density at radius 1 is 1.43 bits per heavy atom. The van der Waals surface area contributed by atoms with Crippen LogP contribution in [0.2, 0.25) is 0 Å². The molecule has 3 nitrogen and oxygen atoms in total. The standard InChI is InChI=1S/C11H21N3/c1-5-10(9(3)4)14-8-7-13-11(14)12-6-2/h7-10H,5-6H2,1-4H3,(H,12,13). The molecule has 0 radical (unpaired) electrons. The molecule has 14 heavy (non-hydrogen) atoms. The first-order valence-electron chi connectivity index (χ1n) is 5.47. The SMILES string of the molecule is CCNc1nccn1C(CC)C(C)C. The fraction of sp³-hybridized carbons (Fsp3) is 0.727. The minimum atomic E-state index is 0.548. The third kappa shape index (κ3) is 2.28. The highest BCUT2D eigenvalue weighted by Gasteiger charge is 2.15. The summed E-state index contributed by atoms with van der Waals surface area (Å²) in [7, 11) is 0. The molecule has 0 bridgehead atoms. The molecule has 0 aliphatic rings. The average molecular weight is 195 g/mol. The van der Waals surface area contributed by atoms with Crippen molar-refractivity contribution in [1.82, 2.24) is 9.55 Å². The van der Waals surface area contributed by atoms with Gasteiger partial charge in [-0.2, -0.15) is 0 Å². The quantitative estimate of drug-likeness (QED) is 0.783. The monoisotopic (exact) mass is 195 g/mol. The Hall–Kier alpha value is -0.990. The van der Waals surface area contributed by atoms with E-state index in [4.69, 9.17) is 0 Å². The summed E-state index contributed by atoms with van der Waals surface area (Å²) in [5, 5.41) is 3.28. The van der Waals surface area contributed by atoms with E-state index in [9.17, 15) is 0 Å². The molecule has 1 rings (SSSR count). The van der Waals surface area contributed by atoms with Gasteiger partial charge in [0, 0.05) is 25.0 Å². The number of nitrogens with one attached hydrogen (secondary N) is 1. The molecular weight excluding hydrogens is 174 g/mol. The van der Waals surface area contributed by atoms with Crippen molar-refractivity contribution in [3.8, 4) is 0 Å². The topological polar surface area (TPSA) is 29.9 Å². The van der Waals surface area contributed by atoms with Crippen molar-refractivity contribution in [2.75, 3.05) is 11.9 Å². The van der Waals surface area contributed by atoms with Crippen molar-refractivity contribution in [3.63, 3.8) is 0 Å². The van der Waals surface area contributed by atoms with Gasteiger partial charge >= 0.3 is 0 Å². The van der Waals surface area contributed by atoms with Gasteiger partial charge in [-0.25, -0.2) is 4.98 Å². The molecule has 1 heterocycles. The van der Waals surface area contributed by atoms with Gasteiger partial charge in [0.05, 0.1) is 0 Å². The molecule has 1 atom stereocenters.